The first-order valence-corrected chi connectivity index (χ1v) is 8.30. The number of carboxylic acids is 1. The number of aryl methyl sites for hydroxylation is 1. The van der Waals surface area contributed by atoms with Gasteiger partial charge in [0.25, 0.3) is 0 Å². The van der Waals surface area contributed by atoms with Gasteiger partial charge in [-0.25, -0.2) is 17.2 Å². The van der Waals surface area contributed by atoms with Crippen LogP contribution in [0.5, 0.6) is 0 Å². The predicted molar refractivity (Wildman–Crippen MR) is 74.8 cm³/mol. The summed E-state index contributed by atoms with van der Waals surface area (Å²) in [6.07, 6.45) is 0.712. The highest BCUT2D eigenvalue weighted by molar-refractivity contribution is 7.89. The van der Waals surface area contributed by atoms with Crippen molar-refractivity contribution >= 4 is 16.0 Å². The number of nitrogens with zero attached hydrogens (tertiary/aromatic N) is 1. The number of hydrogen-bond donors (Lipinski definition) is 1. The summed E-state index contributed by atoms with van der Waals surface area (Å²) < 4.78 is 53.7. The van der Waals surface area contributed by atoms with Gasteiger partial charge < -0.3 is 5.11 Å². The third-order valence-electron chi connectivity index (χ3n) is 4.05. The molecular weight excluding hydrogens is 316 g/mol. The van der Waals surface area contributed by atoms with E-state index in [1.54, 1.807) is 0 Å². The molecule has 0 aliphatic carbocycles. The van der Waals surface area contributed by atoms with E-state index in [1.165, 1.54) is 13.8 Å². The van der Waals surface area contributed by atoms with Gasteiger partial charge in [0.05, 0.1) is 5.92 Å². The molecule has 1 saturated heterocycles. The average molecular weight is 333 g/mol. The highest BCUT2D eigenvalue weighted by atomic mass is 32.2. The first-order chi connectivity index (χ1) is 10.2. The maximum atomic E-state index is 14.0. The van der Waals surface area contributed by atoms with E-state index in [1.807, 2.05) is 0 Å². The highest BCUT2D eigenvalue weighted by Gasteiger charge is 2.40. The number of piperidine rings is 1. The summed E-state index contributed by atoms with van der Waals surface area (Å²) in [6, 6.07) is 0.655. The van der Waals surface area contributed by atoms with Gasteiger partial charge in [0.2, 0.25) is 10.0 Å². The lowest BCUT2D eigenvalue weighted by atomic mass is 9.92. The number of hydrogen-bond acceptors (Lipinski definition) is 3. The Balaban J connectivity index is 2.46. The fraction of sp³-hybridized carbons (Fsp3) is 0.500. The number of benzene rings is 1. The fourth-order valence-corrected chi connectivity index (χ4v) is 4.50. The Hall–Kier alpha value is -1.54. The molecular formula is C14H17F2NO4S. The Morgan fingerprint density at radius 2 is 1.95 bits per heavy atom. The van der Waals surface area contributed by atoms with Gasteiger partial charge in [-0.2, -0.15) is 4.31 Å². The Morgan fingerprint density at radius 3 is 2.55 bits per heavy atom. The Kier molecular flexibility index (Phi) is 4.53. The fourth-order valence-electron chi connectivity index (χ4n) is 2.73. The molecule has 0 amide bonds. The van der Waals surface area contributed by atoms with Crippen LogP contribution in [0, 0.1) is 24.5 Å². The van der Waals surface area contributed by atoms with Crippen molar-refractivity contribution in [2.75, 3.05) is 6.54 Å². The molecule has 8 heteroatoms. The van der Waals surface area contributed by atoms with Gasteiger partial charge in [-0.15, -0.1) is 0 Å². The van der Waals surface area contributed by atoms with Crippen molar-refractivity contribution in [3.8, 4) is 0 Å². The van der Waals surface area contributed by atoms with E-state index in [9.17, 15) is 22.0 Å². The molecule has 1 N–H and O–H groups in total. The molecule has 0 spiro atoms. The molecule has 1 fully saturated rings. The molecule has 0 bridgehead atoms. The van der Waals surface area contributed by atoms with Crippen LogP contribution in [0.4, 0.5) is 8.78 Å². The third kappa shape index (κ3) is 2.85. The van der Waals surface area contributed by atoms with Crippen molar-refractivity contribution in [1.29, 1.82) is 0 Å². The van der Waals surface area contributed by atoms with Crippen LogP contribution in [0.1, 0.15) is 25.3 Å². The van der Waals surface area contributed by atoms with Crippen molar-refractivity contribution in [1.82, 2.24) is 4.31 Å². The second kappa shape index (κ2) is 5.92. The Bertz CT molecular complexity index is 705. The quantitative estimate of drug-likeness (QED) is 0.920. The van der Waals surface area contributed by atoms with Crippen molar-refractivity contribution in [3.63, 3.8) is 0 Å². The zero-order chi connectivity index (χ0) is 16.7. The van der Waals surface area contributed by atoms with Crippen LogP contribution < -0.4 is 0 Å². The third-order valence-corrected chi connectivity index (χ3v) is 6.05. The zero-order valence-corrected chi connectivity index (χ0v) is 13.0. The maximum Gasteiger partial charge on any atom is 0.308 e. The summed E-state index contributed by atoms with van der Waals surface area (Å²) in [4.78, 5) is 10.4. The lowest BCUT2D eigenvalue weighted by molar-refractivity contribution is -0.144. The summed E-state index contributed by atoms with van der Waals surface area (Å²) in [5.41, 5.74) is 0.00607. The molecule has 122 valence electrons. The highest BCUT2D eigenvalue weighted by Crippen LogP contribution is 2.31. The molecule has 2 atom stereocenters. The molecule has 2 rings (SSSR count). The second-order valence-corrected chi connectivity index (χ2v) is 7.33. The number of carboxylic acid groups (broad SMARTS) is 1. The van der Waals surface area contributed by atoms with Crippen LogP contribution >= 0.6 is 0 Å². The van der Waals surface area contributed by atoms with Gasteiger partial charge >= 0.3 is 5.97 Å². The molecule has 0 saturated carbocycles. The molecule has 1 aliphatic rings. The first kappa shape index (κ1) is 16.8. The number of aliphatic carboxylic acids is 1. The van der Waals surface area contributed by atoms with E-state index in [2.05, 4.69) is 0 Å². The lowest BCUT2D eigenvalue weighted by Crippen LogP contribution is -2.49. The molecule has 1 aromatic carbocycles. The largest absolute Gasteiger partial charge is 0.481 e. The molecule has 0 aromatic heterocycles. The van der Waals surface area contributed by atoms with E-state index >= 15 is 0 Å². The maximum absolute atomic E-state index is 14.0. The zero-order valence-electron chi connectivity index (χ0n) is 12.2. The smallest absolute Gasteiger partial charge is 0.308 e. The average Bonchev–Trinajstić information content (AvgIpc) is 2.42. The van der Waals surface area contributed by atoms with Gasteiger partial charge in [0.1, 0.15) is 16.5 Å². The Morgan fingerprint density at radius 1 is 1.32 bits per heavy atom. The summed E-state index contributed by atoms with van der Waals surface area (Å²) in [7, 11) is -4.29. The van der Waals surface area contributed by atoms with Crippen LogP contribution in [0.25, 0.3) is 0 Å². The predicted octanol–water partition coefficient (Wildman–Crippen LogP) is 2.15. The van der Waals surface area contributed by atoms with Crippen molar-refractivity contribution in [3.05, 3.63) is 29.3 Å². The van der Waals surface area contributed by atoms with Crippen molar-refractivity contribution in [2.24, 2.45) is 5.92 Å². The van der Waals surface area contributed by atoms with E-state index in [4.69, 9.17) is 5.11 Å². The van der Waals surface area contributed by atoms with Gasteiger partial charge in [-0.1, -0.05) is 0 Å². The molecule has 1 heterocycles. The topological polar surface area (TPSA) is 74.7 Å². The minimum atomic E-state index is -4.29. The molecule has 22 heavy (non-hydrogen) atoms. The van der Waals surface area contributed by atoms with Crippen LogP contribution in [0.15, 0.2) is 17.0 Å². The van der Waals surface area contributed by atoms with Crippen LogP contribution in [-0.2, 0) is 14.8 Å². The van der Waals surface area contributed by atoms with Gasteiger partial charge in [-0.05, 0) is 44.4 Å². The SMILES string of the molecule is Cc1cc(F)c(S(=O)(=O)N2CCC[C@@H](C(=O)O)[C@H]2C)cc1F. The van der Waals surface area contributed by atoms with E-state index in [0.717, 1.165) is 10.4 Å². The minimum Gasteiger partial charge on any atom is -0.481 e. The minimum absolute atomic E-state index is 0.00607. The molecule has 0 radical (unpaired) electrons. The Labute approximate surface area is 127 Å². The van der Waals surface area contributed by atoms with E-state index in [0.29, 0.717) is 18.9 Å². The standard InChI is InChI=1S/C14H17F2NO4S/c1-8-6-12(16)13(7-11(8)15)22(20,21)17-5-3-4-10(9(17)2)14(18)19/h6-7,9-10H,3-5H2,1-2H3,(H,18,19)/t9-,10-/m1/s1. The van der Waals surface area contributed by atoms with E-state index < -0.39 is 44.5 Å². The first-order valence-electron chi connectivity index (χ1n) is 6.86. The van der Waals surface area contributed by atoms with Crippen LogP contribution in [-0.4, -0.2) is 36.4 Å². The van der Waals surface area contributed by atoms with Crippen molar-refractivity contribution < 1.29 is 27.1 Å². The number of carbonyl (C=O) groups is 1. The number of rotatable bonds is 3. The van der Waals surface area contributed by atoms with Gasteiger partial charge in [0.15, 0.2) is 0 Å². The van der Waals surface area contributed by atoms with Crippen LogP contribution in [0.2, 0.25) is 0 Å². The molecule has 0 unspecified atom stereocenters. The summed E-state index contributed by atoms with van der Waals surface area (Å²) in [6.45, 7) is 2.89. The van der Waals surface area contributed by atoms with Gasteiger partial charge in [0, 0.05) is 12.6 Å². The lowest BCUT2D eigenvalue weighted by Gasteiger charge is -2.36. The summed E-state index contributed by atoms with van der Waals surface area (Å²) in [5, 5.41) is 9.14. The molecule has 1 aliphatic heterocycles. The normalized spacial score (nSPS) is 23.5. The van der Waals surface area contributed by atoms with Crippen LogP contribution in [0.3, 0.4) is 0 Å². The number of sulfonamides is 1. The van der Waals surface area contributed by atoms with Gasteiger partial charge in [-0.3, -0.25) is 4.79 Å². The second-order valence-electron chi connectivity index (χ2n) is 5.48. The molecule has 5 nitrogen and oxygen atoms in total. The van der Waals surface area contributed by atoms with E-state index in [-0.39, 0.29) is 12.1 Å². The molecule has 1 aromatic rings. The number of halogens is 2. The summed E-state index contributed by atoms with van der Waals surface area (Å²) in [5.74, 6) is -3.81. The monoisotopic (exact) mass is 333 g/mol. The summed E-state index contributed by atoms with van der Waals surface area (Å²) >= 11 is 0. The van der Waals surface area contributed by atoms with Crippen molar-refractivity contribution in [2.45, 2.75) is 37.6 Å².